The zero-order chi connectivity index (χ0) is 29.1. The molecule has 218 valence electrons. The van der Waals surface area contributed by atoms with Crippen molar-refractivity contribution in [2.75, 3.05) is 62.7 Å². The lowest BCUT2D eigenvalue weighted by Crippen LogP contribution is -2.56. The van der Waals surface area contributed by atoms with Gasteiger partial charge in [-0.2, -0.15) is 23.1 Å². The summed E-state index contributed by atoms with van der Waals surface area (Å²) in [5.74, 6) is 0.424. The molecule has 0 radical (unpaired) electrons. The molecule has 0 spiro atoms. The summed E-state index contributed by atoms with van der Waals surface area (Å²) in [4.78, 5) is 37.0. The topological polar surface area (TPSA) is 82.3 Å². The van der Waals surface area contributed by atoms with Gasteiger partial charge in [0.25, 0.3) is 0 Å². The highest BCUT2D eigenvalue weighted by atomic mass is 19.4. The van der Waals surface area contributed by atoms with E-state index in [1.165, 1.54) is 12.3 Å². The van der Waals surface area contributed by atoms with Gasteiger partial charge in [0.2, 0.25) is 12.5 Å². The molecule has 2 atom stereocenters. The number of rotatable bonds is 7. The van der Waals surface area contributed by atoms with E-state index >= 15 is 0 Å². The molecule has 1 unspecified atom stereocenters. The lowest BCUT2D eigenvalue weighted by molar-refractivity contribution is -0.137. The Hall–Kier alpha value is -3.92. The maximum atomic E-state index is 13.8. The number of anilines is 2. The summed E-state index contributed by atoms with van der Waals surface area (Å²) in [7, 11) is 2.05. The monoisotopic (exact) mass is 570 g/mol. The number of alkyl halides is 3. The number of carbonyl (C=O) groups is 1. The highest BCUT2D eigenvalue weighted by Crippen LogP contribution is 2.38. The van der Waals surface area contributed by atoms with Crippen molar-refractivity contribution in [3.63, 3.8) is 0 Å². The number of halogens is 3. The first-order valence-electron chi connectivity index (χ1n) is 13.7. The Morgan fingerprint density at radius 2 is 2.05 bits per heavy atom. The number of hydrogen-bond donors (Lipinski definition) is 0. The minimum Gasteiger partial charge on any atom is -0.462 e. The van der Waals surface area contributed by atoms with Crippen LogP contribution < -0.4 is 14.5 Å². The molecule has 0 bridgehead atoms. The smallest absolute Gasteiger partial charge is 0.418 e. The molecule has 3 aliphatic rings. The highest BCUT2D eigenvalue weighted by molar-refractivity contribution is 5.87. The Morgan fingerprint density at radius 1 is 1.22 bits per heavy atom. The molecule has 2 aromatic heterocycles. The van der Waals surface area contributed by atoms with Gasteiger partial charge in [0.15, 0.2) is 0 Å². The Morgan fingerprint density at radius 3 is 2.76 bits per heavy atom. The van der Waals surface area contributed by atoms with E-state index in [4.69, 9.17) is 16.3 Å². The molecule has 0 N–H and O–H groups in total. The maximum Gasteiger partial charge on any atom is 0.418 e. The van der Waals surface area contributed by atoms with Gasteiger partial charge in [-0.1, -0.05) is 6.58 Å². The molecule has 10 nitrogen and oxygen atoms in total. The van der Waals surface area contributed by atoms with Gasteiger partial charge in [-0.3, -0.25) is 9.78 Å². The number of nitrogens with zero attached hydrogens (tertiary/aromatic N) is 8. The number of ether oxygens (including phenoxy) is 1. The molecular formula is C28H33F3N8O2. The molecule has 5 rings (SSSR count). The van der Waals surface area contributed by atoms with Crippen LogP contribution in [0.25, 0.3) is 4.85 Å². The van der Waals surface area contributed by atoms with E-state index in [2.05, 4.69) is 26.3 Å². The number of hydrogen-bond acceptors (Lipinski definition) is 8. The number of likely N-dealkylation sites (N-methyl/N-ethyl adjacent to an activating group) is 1. The van der Waals surface area contributed by atoms with Gasteiger partial charge in [-0.05, 0) is 45.0 Å². The van der Waals surface area contributed by atoms with Gasteiger partial charge in [0.1, 0.15) is 18.5 Å². The van der Waals surface area contributed by atoms with Crippen molar-refractivity contribution >= 4 is 17.4 Å². The van der Waals surface area contributed by atoms with Gasteiger partial charge < -0.3 is 29.2 Å². The Bertz CT molecular complexity index is 1330. The zero-order valence-electron chi connectivity index (χ0n) is 23.0. The van der Waals surface area contributed by atoms with Crippen molar-refractivity contribution in [2.24, 2.45) is 0 Å². The fraction of sp³-hybridized carbons (Fsp3) is 0.536. The average molecular weight is 571 g/mol. The van der Waals surface area contributed by atoms with Crippen LogP contribution in [0, 0.1) is 6.57 Å². The Balaban J connectivity index is 1.47. The van der Waals surface area contributed by atoms with Crippen molar-refractivity contribution in [1.82, 2.24) is 24.8 Å². The highest BCUT2D eigenvalue weighted by Gasteiger charge is 2.38. The number of carbonyl (C=O) groups excluding carboxylic acids is 1. The number of likely N-dealkylation sites (tertiary alicyclic amines) is 1. The van der Waals surface area contributed by atoms with E-state index < -0.39 is 11.7 Å². The van der Waals surface area contributed by atoms with Crippen molar-refractivity contribution in [3.05, 3.63) is 59.4 Å². The molecule has 0 saturated carbocycles. The fourth-order valence-corrected chi connectivity index (χ4v) is 5.88. The molecule has 13 heteroatoms. The molecular weight excluding hydrogens is 537 g/mol. The number of amides is 1. The number of fused-ring (bicyclic) bond motifs is 1. The number of aromatic nitrogens is 3. The molecule has 3 aliphatic heterocycles. The number of piperazine rings is 1. The van der Waals surface area contributed by atoms with Crippen LogP contribution in [0.2, 0.25) is 0 Å². The standard InChI is InChI=1S/C28H33F3N8O2/c1-4-25(40)39-13-12-38(16-20(39)14-32-2)26-21-8-11-37(24-15-33-9-7-22(24)28(29,30)31)17-23(21)34-27(35-26)41-18-19-6-5-10-36(19)3/h4,7,9,15,19-20H,1,5-6,8,10-14,16-18H2,3H3/t19-,20?/m0/s1. The summed E-state index contributed by atoms with van der Waals surface area (Å²) >= 11 is 0. The van der Waals surface area contributed by atoms with E-state index in [0.717, 1.165) is 37.2 Å². The fourth-order valence-electron chi connectivity index (χ4n) is 5.88. The van der Waals surface area contributed by atoms with Crippen molar-refractivity contribution in [3.8, 4) is 6.01 Å². The molecule has 1 amide bonds. The lowest BCUT2D eigenvalue weighted by Gasteiger charge is -2.41. The quantitative estimate of drug-likeness (QED) is 0.371. The van der Waals surface area contributed by atoms with Gasteiger partial charge in [-0.15, -0.1) is 0 Å². The van der Waals surface area contributed by atoms with E-state index in [9.17, 15) is 18.0 Å². The van der Waals surface area contributed by atoms with Crippen molar-refractivity contribution < 1.29 is 22.7 Å². The van der Waals surface area contributed by atoms with Crippen LogP contribution in [0.5, 0.6) is 6.01 Å². The van der Waals surface area contributed by atoms with E-state index in [0.29, 0.717) is 50.7 Å². The minimum atomic E-state index is -4.52. The van der Waals surface area contributed by atoms with Crippen molar-refractivity contribution in [2.45, 2.75) is 44.1 Å². The normalized spacial score (nSPS) is 21.4. The molecule has 2 saturated heterocycles. The molecule has 0 aromatic carbocycles. The molecule has 2 fully saturated rings. The predicted octanol–water partition coefficient (Wildman–Crippen LogP) is 3.05. The van der Waals surface area contributed by atoms with Crippen LogP contribution in [-0.4, -0.2) is 95.7 Å². The largest absolute Gasteiger partial charge is 0.462 e. The lowest BCUT2D eigenvalue weighted by atomic mass is 10.0. The first kappa shape index (κ1) is 28.6. The van der Waals surface area contributed by atoms with Crippen LogP contribution in [0.4, 0.5) is 24.7 Å². The predicted molar refractivity (Wildman–Crippen MR) is 147 cm³/mol. The molecule has 2 aromatic rings. The molecule has 5 heterocycles. The first-order chi connectivity index (χ1) is 19.7. The summed E-state index contributed by atoms with van der Waals surface area (Å²) in [6.45, 7) is 14.2. The van der Waals surface area contributed by atoms with Gasteiger partial charge in [-0.25, -0.2) is 6.57 Å². The van der Waals surface area contributed by atoms with Crippen LogP contribution in [-0.2, 0) is 23.9 Å². The minimum absolute atomic E-state index is 0.00883. The van der Waals surface area contributed by atoms with Gasteiger partial charge in [0.05, 0.1) is 29.7 Å². The average Bonchev–Trinajstić information content (AvgIpc) is 3.39. The third kappa shape index (κ3) is 6.07. The zero-order valence-corrected chi connectivity index (χ0v) is 23.0. The summed E-state index contributed by atoms with van der Waals surface area (Å²) in [5.41, 5.74) is 0.707. The number of pyridine rings is 1. The maximum absolute atomic E-state index is 13.8. The second kappa shape index (κ2) is 11.9. The van der Waals surface area contributed by atoms with Crippen LogP contribution in [0.3, 0.4) is 0 Å². The first-order valence-corrected chi connectivity index (χ1v) is 13.7. The van der Waals surface area contributed by atoms with Crippen LogP contribution >= 0.6 is 0 Å². The summed E-state index contributed by atoms with van der Waals surface area (Å²) in [6.07, 6.45) is 1.63. The summed E-state index contributed by atoms with van der Waals surface area (Å²) in [5, 5.41) is 0. The van der Waals surface area contributed by atoms with Crippen LogP contribution in [0.1, 0.15) is 29.7 Å². The third-order valence-electron chi connectivity index (χ3n) is 8.09. The third-order valence-corrected chi connectivity index (χ3v) is 8.09. The summed E-state index contributed by atoms with van der Waals surface area (Å²) < 4.78 is 47.5. The van der Waals surface area contributed by atoms with Gasteiger partial charge in [0, 0.05) is 44.0 Å². The SMILES string of the molecule is [C-]#[N+]CC1CN(c2nc(OC[C@@H]3CCCN3C)nc3c2CCN(c2cnccc2C(F)(F)F)C3)CCN1C(=O)C=C. The second-order valence-electron chi connectivity index (χ2n) is 10.6. The second-order valence-corrected chi connectivity index (χ2v) is 10.6. The Kier molecular flexibility index (Phi) is 8.30. The van der Waals surface area contributed by atoms with E-state index in [1.54, 1.807) is 9.80 Å². The molecule has 0 aliphatic carbocycles. The van der Waals surface area contributed by atoms with E-state index in [1.807, 2.05) is 11.9 Å². The van der Waals surface area contributed by atoms with Crippen LogP contribution in [0.15, 0.2) is 31.1 Å². The molecule has 41 heavy (non-hydrogen) atoms. The van der Waals surface area contributed by atoms with Crippen molar-refractivity contribution in [1.29, 1.82) is 0 Å². The van der Waals surface area contributed by atoms with Gasteiger partial charge >= 0.3 is 12.2 Å². The Labute approximate surface area is 237 Å². The van der Waals surface area contributed by atoms with E-state index in [-0.39, 0.29) is 42.8 Å². The summed E-state index contributed by atoms with van der Waals surface area (Å²) in [6, 6.07) is 1.05.